The molecule has 7 aromatic rings. The molecule has 1 N–H and O–H groups in total. The van der Waals surface area contributed by atoms with Crippen molar-refractivity contribution in [3.05, 3.63) is 140 Å². The van der Waals surface area contributed by atoms with E-state index in [1.54, 1.807) is 42.5 Å². The van der Waals surface area contributed by atoms with E-state index in [9.17, 15) is 19.5 Å². The van der Waals surface area contributed by atoms with Crippen LogP contribution in [0.1, 0.15) is 80.6 Å². The van der Waals surface area contributed by atoms with Gasteiger partial charge in [0, 0.05) is 35.9 Å². The maximum atomic E-state index is 13.5. The van der Waals surface area contributed by atoms with Gasteiger partial charge in [-0.3, -0.25) is 4.79 Å². The van der Waals surface area contributed by atoms with Crippen molar-refractivity contribution in [3.63, 3.8) is 0 Å². The second kappa shape index (κ2) is 27.3. The Balaban J connectivity index is 1.02. The largest absolute Gasteiger partial charge is 0.494 e. The molecule has 14 nitrogen and oxygen atoms in total. The molecule has 0 fully saturated rings. The molecule has 0 radical (unpaired) electrons. The number of aromatic nitrogens is 2. The van der Waals surface area contributed by atoms with Crippen molar-refractivity contribution in [1.29, 1.82) is 0 Å². The molecule has 0 saturated carbocycles. The highest BCUT2D eigenvalue weighted by molar-refractivity contribution is 6.24. The van der Waals surface area contributed by atoms with Gasteiger partial charge < -0.3 is 43.0 Å². The molecule has 0 aliphatic rings. The quantitative estimate of drug-likeness (QED) is 0.00659. The normalized spacial score (nSPS) is 11.6. The molecule has 1 atom stereocenters. The second-order valence-electron chi connectivity index (χ2n) is 17.0. The Bertz CT molecular complexity index is 2940. The van der Waals surface area contributed by atoms with Gasteiger partial charge in [-0.2, -0.15) is 0 Å². The average Bonchev–Trinajstić information content (AvgIpc) is 3.40. The highest BCUT2D eigenvalue weighted by Crippen LogP contribution is 2.38. The average molecular weight is 979 g/mol. The molecular weight excluding hydrogens is 917 g/mol. The Kier molecular flexibility index (Phi) is 19.9. The summed E-state index contributed by atoms with van der Waals surface area (Å²) >= 11 is 0. The van der Waals surface area contributed by atoms with Gasteiger partial charge in [-0.05, 0) is 166 Å². The fourth-order valence-corrected chi connectivity index (χ4v) is 7.93. The number of hydrogen-bond acceptors (Lipinski definition) is 14. The van der Waals surface area contributed by atoms with Gasteiger partial charge >= 0.3 is 17.9 Å². The molecule has 1 heterocycles. The van der Waals surface area contributed by atoms with Crippen LogP contribution in [-0.2, 0) is 30.2 Å². The summed E-state index contributed by atoms with van der Waals surface area (Å²) in [4.78, 5) is 48.2. The Morgan fingerprint density at radius 3 is 1.75 bits per heavy atom. The van der Waals surface area contributed by atoms with Crippen molar-refractivity contribution in [2.24, 2.45) is 0 Å². The minimum absolute atomic E-state index is 0.167. The van der Waals surface area contributed by atoms with Crippen LogP contribution in [0.25, 0.3) is 43.6 Å². The molecule has 0 saturated heterocycles. The van der Waals surface area contributed by atoms with Crippen LogP contribution < -0.4 is 23.7 Å². The zero-order chi connectivity index (χ0) is 50.5. The SMILES string of the molecule is C=CC(=O)OCCCCCCOc1ccc(C(=O)Oc2ccc3c4ccc(OC(=O)CCc5ccc(OCCCCCCOC(O)C=C)cc5)cc4c4nc5cc(OCCOCC)ccc5nc4c3c2)cc1. The van der Waals surface area contributed by atoms with Crippen LogP contribution in [0.2, 0.25) is 0 Å². The van der Waals surface area contributed by atoms with Crippen molar-refractivity contribution < 1.29 is 57.4 Å². The van der Waals surface area contributed by atoms with Crippen molar-refractivity contribution in [2.75, 3.05) is 46.2 Å². The number of esters is 3. The molecular formula is C58H62N2O12. The number of hydrogen-bond donors (Lipinski definition) is 1. The first-order valence-electron chi connectivity index (χ1n) is 24.6. The first-order valence-corrected chi connectivity index (χ1v) is 24.6. The Morgan fingerprint density at radius 1 is 0.569 bits per heavy atom. The van der Waals surface area contributed by atoms with Gasteiger partial charge in [-0.25, -0.2) is 19.6 Å². The Labute approximate surface area is 419 Å². The standard InChI is InChI=1S/C58H62N2O12/c1-4-53(61)69-33-13-9-7-11-31-66-42-20-15-40(16-21-42)17-30-55(63)71-45-24-27-47-48-28-25-46(72-58(64)41-18-22-43(23-19-41)67-32-12-8-10-14-34-70-54(62)5-2)38-50(48)56-57(49(47)37-45)60-52-39-44(26-29-51(52)59-56)68-36-35-65-6-3/h4-5,15-16,18-29,37-39,53,61H,1-2,6-14,17,30-36H2,3H3. The summed E-state index contributed by atoms with van der Waals surface area (Å²) in [7, 11) is 0. The minimum Gasteiger partial charge on any atom is -0.494 e. The first kappa shape index (κ1) is 52.4. The van der Waals surface area contributed by atoms with E-state index in [4.69, 9.17) is 47.9 Å². The number of carbonyl (C=O) groups is 3. The summed E-state index contributed by atoms with van der Waals surface area (Å²) in [5, 5.41) is 12.5. The first-order chi connectivity index (χ1) is 35.2. The molecule has 14 heteroatoms. The van der Waals surface area contributed by atoms with E-state index in [2.05, 4.69) is 13.2 Å². The lowest BCUT2D eigenvalue weighted by atomic mass is 9.98. The van der Waals surface area contributed by atoms with Crippen molar-refractivity contribution in [2.45, 2.75) is 77.4 Å². The molecule has 0 aliphatic carbocycles. The summed E-state index contributed by atoms with van der Waals surface area (Å²) in [6, 6.07) is 31.0. The zero-order valence-corrected chi connectivity index (χ0v) is 40.8. The predicted octanol–water partition coefficient (Wildman–Crippen LogP) is 11.4. The molecule has 1 unspecified atom stereocenters. The van der Waals surface area contributed by atoms with E-state index in [1.165, 1.54) is 6.08 Å². The zero-order valence-electron chi connectivity index (χ0n) is 40.8. The predicted molar refractivity (Wildman–Crippen MR) is 277 cm³/mol. The molecule has 376 valence electrons. The fourth-order valence-electron chi connectivity index (χ4n) is 7.93. The van der Waals surface area contributed by atoms with Crippen LogP contribution in [0.5, 0.6) is 28.7 Å². The minimum atomic E-state index is -0.913. The number of aliphatic hydroxyl groups is 1. The smallest absolute Gasteiger partial charge is 0.343 e. The molecule has 0 spiro atoms. The van der Waals surface area contributed by atoms with E-state index >= 15 is 0 Å². The van der Waals surface area contributed by atoms with Crippen LogP contribution in [-0.4, -0.2) is 85.5 Å². The molecule has 0 aliphatic heterocycles. The number of fused-ring (bicyclic) bond motifs is 7. The van der Waals surface area contributed by atoms with Crippen molar-refractivity contribution >= 4 is 61.5 Å². The van der Waals surface area contributed by atoms with Gasteiger partial charge in [-0.1, -0.05) is 31.7 Å². The third-order valence-corrected chi connectivity index (χ3v) is 11.7. The Hall–Kier alpha value is -7.39. The monoisotopic (exact) mass is 978 g/mol. The summed E-state index contributed by atoms with van der Waals surface area (Å²) in [5.74, 6) is 1.42. The number of nitrogens with zero attached hydrogens (tertiary/aromatic N) is 2. The highest BCUT2D eigenvalue weighted by atomic mass is 16.6. The van der Waals surface area contributed by atoms with Crippen LogP contribution in [0.4, 0.5) is 0 Å². The van der Waals surface area contributed by atoms with Crippen LogP contribution in [0.15, 0.2) is 128 Å². The number of aryl methyl sites for hydroxylation is 1. The van der Waals surface area contributed by atoms with E-state index < -0.39 is 18.2 Å². The number of aliphatic hydroxyl groups excluding tert-OH is 1. The van der Waals surface area contributed by atoms with Gasteiger partial charge in [0.1, 0.15) is 35.4 Å². The maximum Gasteiger partial charge on any atom is 0.343 e. The van der Waals surface area contributed by atoms with E-state index in [0.29, 0.717) is 103 Å². The molecule has 0 amide bonds. The van der Waals surface area contributed by atoms with Gasteiger partial charge in [-0.15, -0.1) is 0 Å². The molecule has 1 aromatic heterocycles. The van der Waals surface area contributed by atoms with E-state index in [-0.39, 0.29) is 12.4 Å². The van der Waals surface area contributed by atoms with E-state index in [0.717, 1.165) is 90.3 Å². The van der Waals surface area contributed by atoms with Crippen molar-refractivity contribution in [1.82, 2.24) is 9.97 Å². The Morgan fingerprint density at radius 2 is 1.12 bits per heavy atom. The van der Waals surface area contributed by atoms with Gasteiger partial charge in [0.05, 0.1) is 60.7 Å². The lowest BCUT2D eigenvalue weighted by Gasteiger charge is -2.14. The third kappa shape index (κ3) is 15.3. The lowest BCUT2D eigenvalue weighted by molar-refractivity contribution is -0.138. The lowest BCUT2D eigenvalue weighted by Crippen LogP contribution is -2.09. The number of unbranched alkanes of at least 4 members (excludes halogenated alkanes) is 6. The topological polar surface area (TPSA) is 171 Å². The third-order valence-electron chi connectivity index (χ3n) is 11.7. The van der Waals surface area contributed by atoms with Crippen LogP contribution in [0, 0.1) is 0 Å². The van der Waals surface area contributed by atoms with Crippen LogP contribution >= 0.6 is 0 Å². The number of benzene rings is 6. The van der Waals surface area contributed by atoms with Crippen molar-refractivity contribution in [3.8, 4) is 28.7 Å². The number of carbonyl (C=O) groups excluding carboxylic acids is 3. The highest BCUT2D eigenvalue weighted by Gasteiger charge is 2.18. The number of ether oxygens (including phenoxy) is 8. The van der Waals surface area contributed by atoms with Gasteiger partial charge in [0.25, 0.3) is 0 Å². The van der Waals surface area contributed by atoms with Crippen LogP contribution in [0.3, 0.4) is 0 Å². The summed E-state index contributed by atoms with van der Waals surface area (Å²) < 4.78 is 45.3. The molecule has 7 rings (SSSR count). The second-order valence-corrected chi connectivity index (χ2v) is 17.0. The summed E-state index contributed by atoms with van der Waals surface area (Å²) in [6.07, 6.45) is 9.46. The summed E-state index contributed by atoms with van der Waals surface area (Å²) in [5.41, 5.74) is 3.73. The fraction of sp³-hybridized carbons (Fsp3) is 0.328. The molecule has 0 bridgehead atoms. The summed E-state index contributed by atoms with van der Waals surface area (Å²) in [6.45, 7) is 12.2. The maximum absolute atomic E-state index is 13.5. The van der Waals surface area contributed by atoms with Gasteiger partial charge in [0.15, 0.2) is 6.29 Å². The number of rotatable bonds is 30. The van der Waals surface area contributed by atoms with Gasteiger partial charge in [0.2, 0.25) is 0 Å². The molecule has 72 heavy (non-hydrogen) atoms. The molecule has 6 aromatic carbocycles. The van der Waals surface area contributed by atoms with E-state index in [1.807, 2.05) is 67.6 Å².